The van der Waals surface area contributed by atoms with Gasteiger partial charge in [0.25, 0.3) is 0 Å². The van der Waals surface area contributed by atoms with Crippen molar-refractivity contribution in [1.82, 2.24) is 5.32 Å². The number of halogens is 3. The van der Waals surface area contributed by atoms with Crippen molar-refractivity contribution in [3.8, 4) is 5.75 Å². The first kappa shape index (κ1) is 21.4. The van der Waals surface area contributed by atoms with E-state index in [1.165, 1.54) is 12.1 Å². The Balaban J connectivity index is 1.54. The number of nitrogens with one attached hydrogen (secondary N) is 1. The summed E-state index contributed by atoms with van der Waals surface area (Å²) in [5, 5.41) is 3.22. The monoisotopic (exact) mass is 432 g/mol. The van der Waals surface area contributed by atoms with Crippen molar-refractivity contribution < 1.29 is 27.5 Å². The van der Waals surface area contributed by atoms with Gasteiger partial charge in [0.15, 0.2) is 12.4 Å². The molecular formula is C23H23F3N2O3. The minimum atomic E-state index is -4.42. The van der Waals surface area contributed by atoms with Gasteiger partial charge < -0.3 is 15.0 Å². The summed E-state index contributed by atoms with van der Waals surface area (Å²) in [6, 6.07) is 15.3. The van der Waals surface area contributed by atoms with Gasteiger partial charge in [0, 0.05) is 25.2 Å². The first-order valence-corrected chi connectivity index (χ1v) is 10.2. The Labute approximate surface area is 178 Å². The highest BCUT2D eigenvalue weighted by atomic mass is 19.4. The number of alkyl halides is 3. The normalized spacial score (nSPS) is 23.5. The molecule has 0 aromatic heterocycles. The molecule has 0 saturated carbocycles. The van der Waals surface area contributed by atoms with Crippen molar-refractivity contribution in [2.75, 3.05) is 31.1 Å². The van der Waals surface area contributed by atoms with Crippen molar-refractivity contribution in [2.24, 2.45) is 11.3 Å². The molecule has 2 saturated heterocycles. The lowest BCUT2D eigenvalue weighted by atomic mass is 9.68. The average Bonchev–Trinajstić information content (AvgIpc) is 3.19. The maximum Gasteiger partial charge on any atom is 0.422 e. The molecule has 2 aliphatic heterocycles. The lowest BCUT2D eigenvalue weighted by Gasteiger charge is -2.42. The topological polar surface area (TPSA) is 58.6 Å². The third-order valence-electron chi connectivity index (χ3n) is 6.08. The molecule has 2 aromatic rings. The number of carbonyl (C=O) groups is 2. The standard InChI is InChI=1S/C23H23F3N2O3/c24-23(25,26)15-31-19-8-6-18(7-9-19)28-11-10-17-13-27-14-22(17,21(28)30)20(29)12-16-4-2-1-3-5-16/h1-9,17,27H,10-15H2. The molecule has 0 aliphatic carbocycles. The Hall–Kier alpha value is -2.87. The Morgan fingerprint density at radius 1 is 1.13 bits per heavy atom. The van der Waals surface area contributed by atoms with Crippen LogP contribution in [-0.2, 0) is 16.0 Å². The van der Waals surface area contributed by atoms with E-state index < -0.39 is 18.2 Å². The number of nitrogens with zero attached hydrogens (tertiary/aromatic N) is 1. The highest BCUT2D eigenvalue weighted by Gasteiger charge is 2.58. The van der Waals surface area contributed by atoms with Gasteiger partial charge in [-0.1, -0.05) is 30.3 Å². The van der Waals surface area contributed by atoms with Crippen LogP contribution in [0.1, 0.15) is 12.0 Å². The predicted octanol–water partition coefficient (Wildman–Crippen LogP) is 3.38. The van der Waals surface area contributed by atoms with Gasteiger partial charge in [0.2, 0.25) is 5.91 Å². The molecular weight excluding hydrogens is 409 g/mol. The number of fused-ring (bicyclic) bond motifs is 1. The molecule has 0 spiro atoms. The number of rotatable bonds is 6. The van der Waals surface area contributed by atoms with Crippen molar-refractivity contribution in [2.45, 2.75) is 19.0 Å². The van der Waals surface area contributed by atoms with Crippen molar-refractivity contribution in [1.29, 1.82) is 0 Å². The van der Waals surface area contributed by atoms with E-state index in [-0.39, 0.29) is 29.8 Å². The number of carbonyl (C=O) groups excluding carboxylic acids is 2. The summed E-state index contributed by atoms with van der Waals surface area (Å²) in [6.07, 6.45) is -3.56. The fraction of sp³-hybridized carbons (Fsp3) is 0.391. The van der Waals surface area contributed by atoms with E-state index in [0.29, 0.717) is 31.7 Å². The molecule has 164 valence electrons. The maximum absolute atomic E-state index is 13.6. The van der Waals surface area contributed by atoms with E-state index in [0.717, 1.165) is 5.56 Å². The number of hydrogen-bond acceptors (Lipinski definition) is 4. The van der Waals surface area contributed by atoms with E-state index >= 15 is 0 Å². The van der Waals surface area contributed by atoms with E-state index in [9.17, 15) is 22.8 Å². The summed E-state index contributed by atoms with van der Waals surface area (Å²) in [5.74, 6) is -0.352. The summed E-state index contributed by atoms with van der Waals surface area (Å²) in [5.41, 5.74) is 0.282. The number of benzene rings is 2. The summed E-state index contributed by atoms with van der Waals surface area (Å²) < 4.78 is 41.8. The number of ketones is 1. The number of Topliss-reactive ketones (excluding diaryl/α,β-unsaturated/α-hetero) is 1. The zero-order valence-corrected chi connectivity index (χ0v) is 16.8. The van der Waals surface area contributed by atoms with Crippen LogP contribution in [0, 0.1) is 11.3 Å². The smallest absolute Gasteiger partial charge is 0.422 e. The van der Waals surface area contributed by atoms with Gasteiger partial charge in [-0.05, 0) is 48.7 Å². The fourth-order valence-electron chi connectivity index (χ4n) is 4.51. The highest BCUT2D eigenvalue weighted by molar-refractivity contribution is 6.14. The number of piperidine rings is 1. The largest absolute Gasteiger partial charge is 0.484 e. The molecule has 31 heavy (non-hydrogen) atoms. The van der Waals surface area contributed by atoms with Crippen LogP contribution in [0.4, 0.5) is 18.9 Å². The summed E-state index contributed by atoms with van der Waals surface area (Å²) in [4.78, 5) is 28.5. The van der Waals surface area contributed by atoms with Crippen LogP contribution in [0.5, 0.6) is 5.75 Å². The molecule has 2 unspecified atom stereocenters. The fourth-order valence-corrected chi connectivity index (χ4v) is 4.51. The third-order valence-corrected chi connectivity index (χ3v) is 6.08. The zero-order valence-electron chi connectivity index (χ0n) is 16.8. The van der Waals surface area contributed by atoms with Crippen LogP contribution >= 0.6 is 0 Å². The molecule has 2 atom stereocenters. The van der Waals surface area contributed by atoms with Crippen LogP contribution < -0.4 is 15.0 Å². The van der Waals surface area contributed by atoms with Gasteiger partial charge in [-0.3, -0.25) is 9.59 Å². The molecule has 4 rings (SSSR count). The highest BCUT2D eigenvalue weighted by Crippen LogP contribution is 2.43. The number of hydrogen-bond donors (Lipinski definition) is 1. The summed E-state index contributed by atoms with van der Waals surface area (Å²) in [6.45, 7) is -0.0104. The van der Waals surface area contributed by atoms with Crippen LogP contribution in [0.3, 0.4) is 0 Å². The number of anilines is 1. The maximum atomic E-state index is 13.6. The Morgan fingerprint density at radius 3 is 2.52 bits per heavy atom. The summed E-state index contributed by atoms with van der Waals surface area (Å²) in [7, 11) is 0. The molecule has 1 amide bonds. The van der Waals surface area contributed by atoms with Crippen LogP contribution in [0.15, 0.2) is 54.6 Å². The lowest BCUT2D eigenvalue weighted by Crippen LogP contribution is -2.58. The molecule has 2 fully saturated rings. The molecule has 1 N–H and O–H groups in total. The molecule has 2 heterocycles. The Kier molecular flexibility index (Phi) is 5.75. The van der Waals surface area contributed by atoms with Gasteiger partial charge >= 0.3 is 6.18 Å². The van der Waals surface area contributed by atoms with E-state index in [1.54, 1.807) is 17.0 Å². The second-order valence-corrected chi connectivity index (χ2v) is 8.03. The van der Waals surface area contributed by atoms with Gasteiger partial charge in [-0.25, -0.2) is 0 Å². The van der Waals surface area contributed by atoms with E-state index in [1.807, 2.05) is 30.3 Å². The predicted molar refractivity (Wildman–Crippen MR) is 109 cm³/mol. The molecule has 0 bridgehead atoms. The second kappa shape index (κ2) is 8.34. The average molecular weight is 432 g/mol. The quantitative estimate of drug-likeness (QED) is 0.711. The molecule has 8 heteroatoms. The van der Waals surface area contributed by atoms with E-state index in [2.05, 4.69) is 5.32 Å². The Bertz CT molecular complexity index is 947. The number of amides is 1. The summed E-state index contributed by atoms with van der Waals surface area (Å²) >= 11 is 0. The van der Waals surface area contributed by atoms with Crippen molar-refractivity contribution >= 4 is 17.4 Å². The third kappa shape index (κ3) is 4.30. The molecule has 2 aliphatic rings. The minimum absolute atomic E-state index is 0.0677. The van der Waals surface area contributed by atoms with Gasteiger partial charge in [0.1, 0.15) is 11.2 Å². The molecule has 0 radical (unpaired) electrons. The van der Waals surface area contributed by atoms with Crippen molar-refractivity contribution in [3.05, 3.63) is 60.2 Å². The van der Waals surface area contributed by atoms with Gasteiger partial charge in [-0.2, -0.15) is 13.2 Å². The first-order valence-electron chi connectivity index (χ1n) is 10.2. The Morgan fingerprint density at radius 2 is 1.84 bits per heavy atom. The zero-order chi connectivity index (χ0) is 22.1. The van der Waals surface area contributed by atoms with Gasteiger partial charge in [0.05, 0.1) is 0 Å². The minimum Gasteiger partial charge on any atom is -0.484 e. The lowest BCUT2D eigenvalue weighted by molar-refractivity contribution is -0.153. The van der Waals surface area contributed by atoms with Crippen molar-refractivity contribution in [3.63, 3.8) is 0 Å². The van der Waals surface area contributed by atoms with Crippen LogP contribution in [-0.4, -0.2) is 44.1 Å². The SMILES string of the molecule is O=C(Cc1ccccc1)C12CNCC1CCN(c1ccc(OCC(F)(F)F)cc1)C2=O. The number of ether oxygens (including phenoxy) is 1. The van der Waals surface area contributed by atoms with Crippen LogP contribution in [0.2, 0.25) is 0 Å². The second-order valence-electron chi connectivity index (χ2n) is 8.03. The van der Waals surface area contributed by atoms with E-state index in [4.69, 9.17) is 4.74 Å². The molecule has 2 aromatic carbocycles. The van der Waals surface area contributed by atoms with Crippen LogP contribution in [0.25, 0.3) is 0 Å². The molecule has 5 nitrogen and oxygen atoms in total. The first-order chi connectivity index (χ1) is 14.8. The van der Waals surface area contributed by atoms with Gasteiger partial charge in [-0.15, -0.1) is 0 Å².